The van der Waals surface area contributed by atoms with E-state index in [1.807, 2.05) is 72.8 Å². The van der Waals surface area contributed by atoms with Gasteiger partial charge in [-0.05, 0) is 30.3 Å². The molecule has 0 radical (unpaired) electrons. The summed E-state index contributed by atoms with van der Waals surface area (Å²) >= 11 is 0. The number of phenols is 2. The van der Waals surface area contributed by atoms with Gasteiger partial charge in [-0.1, -0.05) is 54.6 Å². The Morgan fingerprint density at radius 1 is 0.788 bits per heavy atom. The second kappa shape index (κ2) is 7.61. The first-order valence-corrected chi connectivity index (χ1v) is 10.6. The zero-order valence-electron chi connectivity index (χ0n) is 17.5. The van der Waals surface area contributed by atoms with E-state index in [4.69, 9.17) is 0 Å². The number of para-hydroxylation sites is 2. The number of hydrogen-bond donors (Lipinski definition) is 3. The van der Waals surface area contributed by atoms with Gasteiger partial charge in [0.2, 0.25) is 0 Å². The van der Waals surface area contributed by atoms with Crippen LogP contribution < -0.4 is 10.5 Å². The van der Waals surface area contributed by atoms with Crippen LogP contribution in [0.2, 0.25) is 0 Å². The number of benzene rings is 3. The quantitative estimate of drug-likeness (QED) is 0.452. The van der Waals surface area contributed by atoms with E-state index in [0.29, 0.717) is 28.9 Å². The molecule has 0 fully saturated rings. The SMILES string of the molecule is Oc1c(Cc2cccc(-n3nc4ccccc4n3)c2O)cccc1N1N=C2C=CC=CC2N1. The third kappa shape index (κ3) is 3.33. The maximum Gasteiger partial charge on any atom is 0.146 e. The molecule has 1 aliphatic heterocycles. The number of hydrogen-bond acceptors (Lipinski definition) is 7. The maximum absolute atomic E-state index is 11.0. The van der Waals surface area contributed by atoms with Crippen molar-refractivity contribution in [2.24, 2.45) is 5.10 Å². The van der Waals surface area contributed by atoms with E-state index in [2.05, 4.69) is 20.7 Å². The molecule has 8 heteroatoms. The van der Waals surface area contributed by atoms with Crippen LogP contribution in [-0.4, -0.2) is 37.0 Å². The van der Waals surface area contributed by atoms with Crippen LogP contribution in [0, 0.1) is 0 Å². The van der Waals surface area contributed by atoms with Crippen LogP contribution in [0.5, 0.6) is 11.5 Å². The lowest BCUT2D eigenvalue weighted by molar-refractivity contribution is 0.457. The highest BCUT2D eigenvalue weighted by atomic mass is 16.3. The predicted octanol–water partition coefficient (Wildman–Crippen LogP) is 3.60. The first-order chi connectivity index (χ1) is 16.2. The molecule has 1 aliphatic carbocycles. The van der Waals surface area contributed by atoms with Gasteiger partial charge in [0.25, 0.3) is 0 Å². The van der Waals surface area contributed by atoms with Crippen LogP contribution in [0.15, 0.2) is 90.1 Å². The molecule has 3 aromatic carbocycles. The number of phenolic OH excluding ortho intramolecular Hbond substituents is 2. The van der Waals surface area contributed by atoms with Gasteiger partial charge in [0.05, 0.1) is 11.8 Å². The van der Waals surface area contributed by atoms with Gasteiger partial charge in [0.1, 0.15) is 33.9 Å². The van der Waals surface area contributed by atoms with Crippen molar-refractivity contribution in [1.82, 2.24) is 20.4 Å². The Balaban J connectivity index is 1.32. The van der Waals surface area contributed by atoms with Gasteiger partial charge >= 0.3 is 0 Å². The minimum Gasteiger partial charge on any atom is -0.505 e. The van der Waals surface area contributed by atoms with Crippen LogP contribution >= 0.6 is 0 Å². The van der Waals surface area contributed by atoms with E-state index in [0.717, 1.165) is 16.7 Å². The molecule has 1 unspecified atom stereocenters. The van der Waals surface area contributed by atoms with Gasteiger partial charge < -0.3 is 10.2 Å². The summed E-state index contributed by atoms with van der Waals surface area (Å²) in [4.78, 5) is 1.44. The lowest BCUT2D eigenvalue weighted by Crippen LogP contribution is -2.36. The number of anilines is 1. The Bertz CT molecular complexity index is 1440. The summed E-state index contributed by atoms with van der Waals surface area (Å²) in [7, 11) is 0. The van der Waals surface area contributed by atoms with Gasteiger partial charge in [-0.15, -0.1) is 15.0 Å². The smallest absolute Gasteiger partial charge is 0.146 e. The van der Waals surface area contributed by atoms with E-state index >= 15 is 0 Å². The number of aromatic hydroxyl groups is 2. The number of rotatable bonds is 4. The van der Waals surface area contributed by atoms with Crippen LogP contribution in [0.25, 0.3) is 16.7 Å². The van der Waals surface area contributed by atoms with Crippen LogP contribution in [0.3, 0.4) is 0 Å². The third-order valence-corrected chi connectivity index (χ3v) is 5.78. The number of fused-ring (bicyclic) bond motifs is 2. The summed E-state index contributed by atoms with van der Waals surface area (Å²) in [6.07, 6.45) is 8.17. The molecular weight excluding hydrogens is 416 g/mol. The van der Waals surface area contributed by atoms with Crippen molar-refractivity contribution >= 4 is 22.4 Å². The van der Waals surface area contributed by atoms with Crippen molar-refractivity contribution in [1.29, 1.82) is 0 Å². The fourth-order valence-corrected chi connectivity index (χ4v) is 4.08. The van der Waals surface area contributed by atoms with Crippen molar-refractivity contribution in [3.63, 3.8) is 0 Å². The van der Waals surface area contributed by atoms with Crippen LogP contribution in [-0.2, 0) is 6.42 Å². The first-order valence-electron chi connectivity index (χ1n) is 10.6. The standard InChI is InChI=1S/C25H20N6O2/c32-24-16(7-5-13-22(24)30-26-18-9-1-2-10-19(18)27-30)15-17-8-6-14-23(25(17)33)31-28-20-11-3-4-12-21(20)29-31/h1-14,18,26,32-33H,15H2. The minimum absolute atomic E-state index is 0.0177. The Morgan fingerprint density at radius 3 is 2.15 bits per heavy atom. The van der Waals surface area contributed by atoms with Gasteiger partial charge in [0.15, 0.2) is 0 Å². The largest absolute Gasteiger partial charge is 0.505 e. The molecule has 0 spiro atoms. The fourth-order valence-electron chi connectivity index (χ4n) is 4.08. The fraction of sp³-hybridized carbons (Fsp3) is 0.0800. The number of nitrogens with zero attached hydrogens (tertiary/aromatic N) is 5. The monoisotopic (exact) mass is 436 g/mol. The molecule has 1 aromatic heterocycles. The van der Waals surface area contributed by atoms with E-state index < -0.39 is 0 Å². The lowest BCUT2D eigenvalue weighted by Gasteiger charge is -2.19. The minimum atomic E-state index is -0.0177. The van der Waals surface area contributed by atoms with Crippen molar-refractivity contribution < 1.29 is 10.2 Å². The average molecular weight is 436 g/mol. The van der Waals surface area contributed by atoms with Crippen molar-refractivity contribution in [2.75, 3.05) is 5.12 Å². The molecule has 33 heavy (non-hydrogen) atoms. The predicted molar refractivity (Wildman–Crippen MR) is 127 cm³/mol. The molecule has 2 heterocycles. The van der Waals surface area contributed by atoms with Gasteiger partial charge in [-0.25, -0.2) is 0 Å². The van der Waals surface area contributed by atoms with Crippen LogP contribution in [0.1, 0.15) is 11.1 Å². The zero-order valence-corrected chi connectivity index (χ0v) is 17.5. The van der Waals surface area contributed by atoms with Crippen molar-refractivity contribution in [2.45, 2.75) is 12.5 Å². The maximum atomic E-state index is 11.0. The Labute approximate surface area is 189 Å². The third-order valence-electron chi connectivity index (χ3n) is 5.78. The highest BCUT2D eigenvalue weighted by Gasteiger charge is 2.26. The van der Waals surface area contributed by atoms with E-state index in [-0.39, 0.29) is 17.5 Å². The van der Waals surface area contributed by atoms with E-state index in [1.54, 1.807) is 17.3 Å². The summed E-state index contributed by atoms with van der Waals surface area (Å²) in [5.74, 6) is 0.178. The second-order valence-corrected chi connectivity index (χ2v) is 7.91. The van der Waals surface area contributed by atoms with Crippen molar-refractivity contribution in [3.05, 3.63) is 96.1 Å². The van der Waals surface area contributed by atoms with E-state index in [9.17, 15) is 10.2 Å². The molecule has 1 atom stereocenters. The molecule has 162 valence electrons. The number of allylic oxidation sites excluding steroid dienone is 2. The zero-order chi connectivity index (χ0) is 22.4. The summed E-state index contributed by atoms with van der Waals surface area (Å²) in [5.41, 5.74) is 7.99. The van der Waals surface area contributed by atoms with Crippen molar-refractivity contribution in [3.8, 4) is 17.2 Å². The van der Waals surface area contributed by atoms with Gasteiger partial charge in [0, 0.05) is 17.5 Å². The Morgan fingerprint density at radius 2 is 1.45 bits per heavy atom. The highest BCUT2D eigenvalue weighted by Crippen LogP contribution is 2.36. The number of aromatic nitrogens is 3. The summed E-state index contributed by atoms with van der Waals surface area (Å²) in [5, 5.41) is 37.1. The average Bonchev–Trinajstić information content (AvgIpc) is 3.45. The Kier molecular flexibility index (Phi) is 4.44. The molecule has 0 saturated heterocycles. The molecule has 6 rings (SSSR count). The molecule has 0 amide bonds. The Hall–Kier alpha value is -4.43. The molecule has 2 aliphatic rings. The summed E-state index contributed by atoms with van der Waals surface area (Å²) in [6.45, 7) is 0. The summed E-state index contributed by atoms with van der Waals surface area (Å²) < 4.78 is 0. The molecule has 4 aromatic rings. The highest BCUT2D eigenvalue weighted by molar-refractivity contribution is 6.03. The normalized spacial score (nSPS) is 16.9. The second-order valence-electron chi connectivity index (χ2n) is 7.91. The molecule has 0 saturated carbocycles. The molecule has 0 bridgehead atoms. The lowest BCUT2D eigenvalue weighted by atomic mass is 10.0. The number of nitrogens with one attached hydrogen (secondary N) is 1. The van der Waals surface area contributed by atoms with Gasteiger partial charge in [-0.3, -0.25) is 0 Å². The molecule has 3 N–H and O–H groups in total. The number of hydrazine groups is 1. The topological polar surface area (TPSA) is 98.8 Å². The summed E-state index contributed by atoms with van der Waals surface area (Å²) in [6, 6.07) is 18.5. The number of hydrazone groups is 1. The molecular formula is C25H20N6O2. The first kappa shape index (κ1) is 19.3. The van der Waals surface area contributed by atoms with Crippen LogP contribution in [0.4, 0.5) is 5.69 Å². The molecule has 8 nitrogen and oxygen atoms in total. The van der Waals surface area contributed by atoms with Gasteiger partial charge in [-0.2, -0.15) is 15.6 Å². The van der Waals surface area contributed by atoms with E-state index in [1.165, 1.54) is 4.80 Å².